The van der Waals surface area contributed by atoms with Crippen LogP contribution in [-0.4, -0.2) is 54.5 Å². The molecule has 154 valence electrons. The maximum atomic E-state index is 13.5. The second-order valence-corrected chi connectivity index (χ2v) is 8.09. The standard InChI is InChI=1S/C23H29N3O3/c1-28-20-8-3-7-19(21(20)29-2)16-26-12-5-9-23(22(26)27)10-13-25(17-23)15-18-6-4-11-24-14-18/h3-4,6-8,11,14H,5,9-10,12-13,15-17H2,1-2H3. The van der Waals surface area contributed by atoms with Crippen LogP contribution in [0.25, 0.3) is 0 Å². The van der Waals surface area contributed by atoms with Crippen molar-refractivity contribution in [2.24, 2.45) is 5.41 Å². The molecule has 2 aromatic rings. The zero-order valence-corrected chi connectivity index (χ0v) is 17.3. The lowest BCUT2D eigenvalue weighted by Crippen LogP contribution is -2.49. The topological polar surface area (TPSA) is 54.9 Å². The molecule has 1 unspecified atom stereocenters. The van der Waals surface area contributed by atoms with Gasteiger partial charge in [-0.05, 0) is 43.5 Å². The highest BCUT2D eigenvalue weighted by atomic mass is 16.5. The zero-order chi connectivity index (χ0) is 20.3. The van der Waals surface area contributed by atoms with E-state index < -0.39 is 0 Å². The fourth-order valence-corrected chi connectivity index (χ4v) is 4.81. The summed E-state index contributed by atoms with van der Waals surface area (Å²) in [6, 6.07) is 9.92. The van der Waals surface area contributed by atoms with Crippen LogP contribution in [0.15, 0.2) is 42.7 Å². The number of rotatable bonds is 6. The van der Waals surface area contributed by atoms with Gasteiger partial charge in [0.25, 0.3) is 0 Å². The second kappa shape index (κ2) is 8.41. The molecular formula is C23H29N3O3. The Balaban J connectivity index is 1.47. The van der Waals surface area contributed by atoms with Gasteiger partial charge >= 0.3 is 0 Å². The maximum absolute atomic E-state index is 13.5. The average molecular weight is 396 g/mol. The first-order chi connectivity index (χ1) is 14.1. The first-order valence-corrected chi connectivity index (χ1v) is 10.3. The van der Waals surface area contributed by atoms with Crippen LogP contribution >= 0.6 is 0 Å². The molecule has 1 amide bonds. The first-order valence-electron chi connectivity index (χ1n) is 10.3. The average Bonchev–Trinajstić information content (AvgIpc) is 3.15. The molecule has 6 nitrogen and oxygen atoms in total. The summed E-state index contributed by atoms with van der Waals surface area (Å²) in [6.45, 7) is 3.99. The van der Waals surface area contributed by atoms with Crippen LogP contribution in [0.5, 0.6) is 11.5 Å². The Labute approximate surface area is 172 Å². The predicted molar refractivity (Wildman–Crippen MR) is 111 cm³/mol. The molecule has 2 fully saturated rings. The van der Waals surface area contributed by atoms with Crippen molar-refractivity contribution in [3.8, 4) is 11.5 Å². The van der Waals surface area contributed by atoms with Crippen molar-refractivity contribution in [1.82, 2.24) is 14.8 Å². The number of methoxy groups -OCH3 is 2. The first kappa shape index (κ1) is 19.7. The number of carbonyl (C=O) groups excluding carboxylic acids is 1. The van der Waals surface area contributed by atoms with E-state index in [2.05, 4.69) is 16.0 Å². The summed E-state index contributed by atoms with van der Waals surface area (Å²) in [7, 11) is 3.28. The van der Waals surface area contributed by atoms with Crippen LogP contribution in [0.3, 0.4) is 0 Å². The summed E-state index contributed by atoms with van der Waals surface area (Å²) in [5.74, 6) is 1.70. The summed E-state index contributed by atoms with van der Waals surface area (Å²) in [5.41, 5.74) is 1.93. The largest absolute Gasteiger partial charge is 0.493 e. The number of benzene rings is 1. The van der Waals surface area contributed by atoms with E-state index in [9.17, 15) is 4.79 Å². The van der Waals surface area contributed by atoms with Crippen LogP contribution in [0, 0.1) is 5.41 Å². The van der Waals surface area contributed by atoms with E-state index in [4.69, 9.17) is 9.47 Å². The van der Waals surface area contributed by atoms with Gasteiger partial charge in [-0.25, -0.2) is 0 Å². The Bertz CT molecular complexity index is 858. The molecule has 0 saturated carbocycles. The number of piperidine rings is 1. The van der Waals surface area contributed by atoms with Crippen molar-refractivity contribution in [1.29, 1.82) is 0 Å². The molecule has 1 spiro atoms. The lowest BCUT2D eigenvalue weighted by molar-refractivity contribution is -0.146. The van der Waals surface area contributed by atoms with Gasteiger partial charge in [0.1, 0.15) is 0 Å². The highest BCUT2D eigenvalue weighted by Gasteiger charge is 2.48. The normalized spacial score (nSPS) is 22.3. The number of hydrogen-bond donors (Lipinski definition) is 0. The van der Waals surface area contributed by atoms with Gasteiger partial charge in [-0.1, -0.05) is 18.2 Å². The van der Waals surface area contributed by atoms with Crippen molar-refractivity contribution in [3.05, 3.63) is 53.9 Å². The SMILES string of the molecule is COc1cccc(CN2CCCC3(CCN(Cc4cccnc4)C3)C2=O)c1OC. The highest BCUT2D eigenvalue weighted by Crippen LogP contribution is 2.41. The Hall–Kier alpha value is -2.60. The smallest absolute Gasteiger partial charge is 0.230 e. The van der Waals surface area contributed by atoms with Crippen LogP contribution in [0.4, 0.5) is 0 Å². The Morgan fingerprint density at radius 2 is 1.97 bits per heavy atom. The minimum absolute atomic E-state index is 0.257. The Morgan fingerprint density at radius 1 is 1.07 bits per heavy atom. The van der Waals surface area contributed by atoms with Crippen LogP contribution in [0.1, 0.15) is 30.4 Å². The molecule has 1 aromatic heterocycles. The van der Waals surface area contributed by atoms with Gasteiger partial charge in [-0.2, -0.15) is 0 Å². The zero-order valence-electron chi connectivity index (χ0n) is 17.3. The number of likely N-dealkylation sites (tertiary alicyclic amines) is 2. The van der Waals surface area contributed by atoms with Gasteiger partial charge in [0, 0.05) is 44.1 Å². The molecule has 0 radical (unpaired) electrons. The minimum Gasteiger partial charge on any atom is -0.493 e. The summed E-state index contributed by atoms with van der Waals surface area (Å²) in [5, 5.41) is 0. The van der Waals surface area contributed by atoms with E-state index in [1.165, 1.54) is 5.56 Å². The van der Waals surface area contributed by atoms with Crippen LogP contribution in [0.2, 0.25) is 0 Å². The molecule has 1 atom stereocenters. The van der Waals surface area contributed by atoms with Crippen LogP contribution < -0.4 is 9.47 Å². The lowest BCUT2D eigenvalue weighted by Gasteiger charge is -2.39. The van der Waals surface area contributed by atoms with E-state index in [1.807, 2.05) is 35.4 Å². The summed E-state index contributed by atoms with van der Waals surface area (Å²) in [4.78, 5) is 22.1. The van der Waals surface area contributed by atoms with Gasteiger partial charge < -0.3 is 14.4 Å². The number of nitrogens with zero attached hydrogens (tertiary/aromatic N) is 3. The third-order valence-electron chi connectivity index (χ3n) is 6.23. The third kappa shape index (κ3) is 3.94. The molecule has 4 rings (SSSR count). The molecule has 29 heavy (non-hydrogen) atoms. The fourth-order valence-electron chi connectivity index (χ4n) is 4.81. The highest BCUT2D eigenvalue weighted by molar-refractivity contribution is 5.84. The van der Waals surface area contributed by atoms with Crippen molar-refractivity contribution in [2.45, 2.75) is 32.4 Å². The van der Waals surface area contributed by atoms with Gasteiger partial charge in [0.15, 0.2) is 11.5 Å². The second-order valence-electron chi connectivity index (χ2n) is 8.09. The number of carbonyl (C=O) groups is 1. The van der Waals surface area contributed by atoms with Gasteiger partial charge in [-0.15, -0.1) is 0 Å². The number of pyridine rings is 1. The molecule has 0 N–H and O–H groups in total. The van der Waals surface area contributed by atoms with E-state index in [-0.39, 0.29) is 11.3 Å². The molecule has 0 bridgehead atoms. The summed E-state index contributed by atoms with van der Waals surface area (Å²) >= 11 is 0. The predicted octanol–water partition coefficient (Wildman–Crippen LogP) is 3.11. The van der Waals surface area contributed by atoms with E-state index in [0.717, 1.165) is 51.0 Å². The van der Waals surface area contributed by atoms with Crippen molar-refractivity contribution in [3.63, 3.8) is 0 Å². The number of ether oxygens (including phenoxy) is 2. The quantitative estimate of drug-likeness (QED) is 0.752. The number of hydrogen-bond acceptors (Lipinski definition) is 5. The Morgan fingerprint density at radius 3 is 2.72 bits per heavy atom. The lowest BCUT2D eigenvalue weighted by atomic mass is 9.78. The van der Waals surface area contributed by atoms with E-state index in [1.54, 1.807) is 20.4 Å². The summed E-state index contributed by atoms with van der Waals surface area (Å²) in [6.07, 6.45) is 6.65. The monoisotopic (exact) mass is 395 g/mol. The van der Waals surface area contributed by atoms with Gasteiger partial charge in [-0.3, -0.25) is 14.7 Å². The number of aromatic nitrogens is 1. The molecule has 2 aliphatic rings. The molecule has 3 heterocycles. The maximum Gasteiger partial charge on any atom is 0.230 e. The van der Waals surface area contributed by atoms with Crippen molar-refractivity contribution in [2.75, 3.05) is 33.9 Å². The number of para-hydroxylation sites is 1. The van der Waals surface area contributed by atoms with Crippen molar-refractivity contribution < 1.29 is 14.3 Å². The van der Waals surface area contributed by atoms with Gasteiger partial charge in [0.2, 0.25) is 5.91 Å². The molecular weight excluding hydrogens is 366 g/mol. The van der Waals surface area contributed by atoms with E-state index >= 15 is 0 Å². The molecule has 1 aromatic carbocycles. The molecule has 2 saturated heterocycles. The third-order valence-corrected chi connectivity index (χ3v) is 6.23. The minimum atomic E-state index is -0.257. The van der Waals surface area contributed by atoms with Crippen molar-refractivity contribution >= 4 is 5.91 Å². The summed E-state index contributed by atoms with van der Waals surface area (Å²) < 4.78 is 11.0. The molecule has 2 aliphatic heterocycles. The van der Waals surface area contributed by atoms with Gasteiger partial charge in [0.05, 0.1) is 19.6 Å². The van der Waals surface area contributed by atoms with Crippen LogP contribution in [-0.2, 0) is 17.9 Å². The Kier molecular flexibility index (Phi) is 5.72. The molecule has 6 heteroatoms. The fraction of sp³-hybridized carbons (Fsp3) is 0.478. The molecule has 0 aliphatic carbocycles. The number of amides is 1. The van der Waals surface area contributed by atoms with E-state index in [0.29, 0.717) is 18.0 Å².